The van der Waals surface area contributed by atoms with E-state index in [1.54, 1.807) is 0 Å². The van der Waals surface area contributed by atoms with Crippen molar-refractivity contribution >= 4 is 5.91 Å². The number of amides is 1. The van der Waals surface area contributed by atoms with Crippen LogP contribution < -0.4 is 5.56 Å². The van der Waals surface area contributed by atoms with Gasteiger partial charge in [-0.05, 0) is 37.3 Å². The molecule has 28 heavy (non-hydrogen) atoms. The van der Waals surface area contributed by atoms with Gasteiger partial charge in [-0.25, -0.2) is 0 Å². The first-order valence-corrected chi connectivity index (χ1v) is 10.1. The van der Waals surface area contributed by atoms with Gasteiger partial charge in [-0.15, -0.1) is 0 Å². The molecule has 3 aliphatic heterocycles. The van der Waals surface area contributed by atoms with E-state index in [-0.39, 0.29) is 11.5 Å². The Hall–Kier alpha value is -2.89. The average Bonchev–Trinajstić information content (AvgIpc) is 3.04. The zero-order valence-electron chi connectivity index (χ0n) is 16.5. The van der Waals surface area contributed by atoms with Crippen LogP contribution in [0.2, 0.25) is 0 Å². The molecule has 3 aliphatic rings. The third-order valence-corrected chi connectivity index (χ3v) is 5.38. The molecular formula is C22H26N4O2. The van der Waals surface area contributed by atoms with Crippen LogP contribution in [-0.2, 0) is 6.54 Å². The van der Waals surface area contributed by atoms with E-state index in [1.165, 1.54) is 4.68 Å². The highest BCUT2D eigenvalue weighted by Gasteiger charge is 2.29. The lowest BCUT2D eigenvalue weighted by Gasteiger charge is -2.31. The van der Waals surface area contributed by atoms with E-state index in [4.69, 9.17) is 0 Å². The van der Waals surface area contributed by atoms with Crippen molar-refractivity contribution in [3.8, 4) is 16.9 Å². The van der Waals surface area contributed by atoms with Crippen LogP contribution in [0.15, 0.2) is 47.5 Å². The van der Waals surface area contributed by atoms with E-state index in [2.05, 4.69) is 18.9 Å². The number of pyridine rings is 1. The molecule has 1 aromatic carbocycles. The second kappa shape index (κ2) is 7.62. The van der Waals surface area contributed by atoms with E-state index in [1.807, 2.05) is 52.2 Å². The first-order valence-electron chi connectivity index (χ1n) is 10.1. The van der Waals surface area contributed by atoms with Crippen LogP contribution >= 0.6 is 0 Å². The summed E-state index contributed by atoms with van der Waals surface area (Å²) in [4.78, 5) is 28.3. The first-order chi connectivity index (χ1) is 13.6. The Morgan fingerprint density at radius 1 is 1.21 bits per heavy atom. The molecule has 1 saturated heterocycles. The fraction of sp³-hybridized carbons (Fsp3) is 0.409. The molecule has 146 valence electrons. The van der Waals surface area contributed by atoms with Crippen LogP contribution in [0.25, 0.3) is 16.9 Å². The van der Waals surface area contributed by atoms with Crippen LogP contribution in [0.1, 0.15) is 43.5 Å². The Balaban J connectivity index is 1.84. The quantitative estimate of drug-likeness (QED) is 0.699. The first kappa shape index (κ1) is 18.5. The van der Waals surface area contributed by atoms with E-state index in [0.29, 0.717) is 28.4 Å². The van der Waals surface area contributed by atoms with Crippen molar-refractivity contribution in [1.29, 1.82) is 0 Å². The predicted molar refractivity (Wildman–Crippen MR) is 109 cm³/mol. The summed E-state index contributed by atoms with van der Waals surface area (Å²) in [5.41, 5.74) is 2.02. The smallest absolute Gasteiger partial charge is 0.282 e. The minimum Gasteiger partial charge on any atom is -0.353 e. The van der Waals surface area contributed by atoms with Gasteiger partial charge in [0.25, 0.3) is 11.5 Å². The Labute approximate surface area is 164 Å². The van der Waals surface area contributed by atoms with E-state index in [9.17, 15) is 9.59 Å². The van der Waals surface area contributed by atoms with Crippen molar-refractivity contribution in [3.05, 3.63) is 58.6 Å². The SMILES string of the molecule is CCCn1cc(C(=O)N2CCCC(C)C2)c2nn(-c3ccccc3)c(=O)c-2c1. The third-order valence-electron chi connectivity index (χ3n) is 5.38. The van der Waals surface area contributed by atoms with Crippen molar-refractivity contribution in [1.82, 2.24) is 19.2 Å². The molecule has 1 atom stereocenters. The van der Waals surface area contributed by atoms with Crippen LogP contribution in [0.3, 0.4) is 0 Å². The van der Waals surface area contributed by atoms with Crippen molar-refractivity contribution < 1.29 is 4.79 Å². The highest BCUT2D eigenvalue weighted by Crippen LogP contribution is 2.26. The largest absolute Gasteiger partial charge is 0.353 e. The molecule has 1 unspecified atom stereocenters. The van der Waals surface area contributed by atoms with Gasteiger partial charge in [0.15, 0.2) is 0 Å². The number of nitrogens with zero attached hydrogens (tertiary/aromatic N) is 4. The molecule has 6 heteroatoms. The Morgan fingerprint density at radius 3 is 2.71 bits per heavy atom. The topological polar surface area (TPSA) is 60.1 Å². The molecule has 1 aromatic rings. The lowest BCUT2D eigenvalue weighted by Crippen LogP contribution is -2.39. The highest BCUT2D eigenvalue weighted by molar-refractivity contribution is 6.00. The Kier molecular flexibility index (Phi) is 5.03. The van der Waals surface area contributed by atoms with Crippen molar-refractivity contribution in [2.45, 2.75) is 39.7 Å². The molecule has 4 rings (SSSR count). The number of carbonyl (C=O) groups is 1. The van der Waals surface area contributed by atoms with Crippen LogP contribution in [0.4, 0.5) is 0 Å². The number of aromatic nitrogens is 3. The standard InChI is InChI=1S/C22H26N4O2/c1-3-11-24-14-18(21(27)25-12-7-8-16(2)13-25)20-19(15-24)22(28)26(23-20)17-9-5-4-6-10-17/h4-6,9-10,14-16H,3,7-8,11-13H2,1-2H3. The molecule has 0 bridgehead atoms. The molecule has 1 amide bonds. The number of hydrogen-bond acceptors (Lipinski definition) is 3. The van der Waals surface area contributed by atoms with E-state index >= 15 is 0 Å². The summed E-state index contributed by atoms with van der Waals surface area (Å²) in [5, 5.41) is 4.56. The number of para-hydroxylation sites is 1. The predicted octanol–water partition coefficient (Wildman–Crippen LogP) is 3.42. The van der Waals surface area contributed by atoms with Gasteiger partial charge in [0.2, 0.25) is 0 Å². The normalized spacial score (nSPS) is 17.2. The summed E-state index contributed by atoms with van der Waals surface area (Å²) in [7, 11) is 0. The van der Waals surface area contributed by atoms with Gasteiger partial charge >= 0.3 is 0 Å². The number of fused-ring (bicyclic) bond motifs is 1. The van der Waals surface area contributed by atoms with Gasteiger partial charge in [-0.2, -0.15) is 9.78 Å². The molecule has 0 aliphatic carbocycles. The molecule has 0 spiro atoms. The molecule has 0 N–H and O–H groups in total. The van der Waals surface area contributed by atoms with E-state index < -0.39 is 0 Å². The maximum absolute atomic E-state index is 13.3. The lowest BCUT2D eigenvalue weighted by atomic mass is 9.99. The molecular weight excluding hydrogens is 352 g/mol. The van der Waals surface area contributed by atoms with Gasteiger partial charge in [-0.1, -0.05) is 32.0 Å². The monoisotopic (exact) mass is 378 g/mol. The van der Waals surface area contributed by atoms with Crippen LogP contribution in [0.5, 0.6) is 0 Å². The zero-order valence-corrected chi connectivity index (χ0v) is 16.5. The van der Waals surface area contributed by atoms with Crippen LogP contribution in [-0.4, -0.2) is 38.2 Å². The number of piperidine rings is 1. The number of benzene rings is 1. The third kappa shape index (κ3) is 3.35. The van der Waals surface area contributed by atoms with Gasteiger partial charge in [0, 0.05) is 32.0 Å². The number of carbonyl (C=O) groups excluding carboxylic acids is 1. The summed E-state index contributed by atoms with van der Waals surface area (Å²) >= 11 is 0. The highest BCUT2D eigenvalue weighted by atomic mass is 16.2. The van der Waals surface area contributed by atoms with Gasteiger partial charge in [0.1, 0.15) is 5.69 Å². The van der Waals surface area contributed by atoms with Gasteiger partial charge < -0.3 is 9.47 Å². The lowest BCUT2D eigenvalue weighted by molar-refractivity contribution is 0.0682. The summed E-state index contributed by atoms with van der Waals surface area (Å²) in [6.45, 7) is 6.53. The average molecular weight is 378 g/mol. The molecule has 0 saturated carbocycles. The molecule has 0 aromatic heterocycles. The van der Waals surface area contributed by atoms with Crippen molar-refractivity contribution in [2.24, 2.45) is 5.92 Å². The maximum atomic E-state index is 13.3. The van der Waals surface area contributed by atoms with Crippen LogP contribution in [0, 0.1) is 5.92 Å². The van der Waals surface area contributed by atoms with Gasteiger partial charge in [-0.3, -0.25) is 9.59 Å². The number of likely N-dealkylation sites (tertiary alicyclic amines) is 1. The molecule has 0 radical (unpaired) electrons. The number of hydrogen-bond donors (Lipinski definition) is 0. The molecule has 6 nitrogen and oxygen atoms in total. The Morgan fingerprint density at radius 2 is 2.00 bits per heavy atom. The fourth-order valence-corrected chi connectivity index (χ4v) is 3.99. The maximum Gasteiger partial charge on any atom is 0.282 e. The second-order valence-electron chi connectivity index (χ2n) is 7.72. The second-order valence-corrected chi connectivity index (χ2v) is 7.72. The summed E-state index contributed by atoms with van der Waals surface area (Å²) in [6.07, 6.45) is 6.77. The zero-order chi connectivity index (χ0) is 19.7. The molecule has 3 heterocycles. The van der Waals surface area contributed by atoms with Crippen molar-refractivity contribution in [2.75, 3.05) is 13.1 Å². The summed E-state index contributed by atoms with van der Waals surface area (Å²) < 4.78 is 3.35. The number of aryl methyl sites for hydroxylation is 1. The Bertz CT molecular complexity index is 1010. The fourth-order valence-electron chi connectivity index (χ4n) is 3.99. The summed E-state index contributed by atoms with van der Waals surface area (Å²) in [5.74, 6) is 0.469. The van der Waals surface area contributed by atoms with Gasteiger partial charge in [0.05, 0.1) is 16.8 Å². The van der Waals surface area contributed by atoms with Crippen molar-refractivity contribution in [3.63, 3.8) is 0 Å². The minimum absolute atomic E-state index is 0.0280. The molecule has 1 fully saturated rings. The summed E-state index contributed by atoms with van der Waals surface area (Å²) in [6, 6.07) is 9.35. The number of rotatable bonds is 4. The van der Waals surface area contributed by atoms with E-state index in [0.717, 1.165) is 38.9 Å². The minimum atomic E-state index is -0.187.